The lowest BCUT2D eigenvalue weighted by atomic mass is 9.94. The smallest absolute Gasteiger partial charge is 0.269 e. The van der Waals surface area contributed by atoms with Crippen LogP contribution in [0.1, 0.15) is 41.5 Å². The first-order chi connectivity index (χ1) is 15.9. The number of rotatable bonds is 6. The monoisotopic (exact) mass is 438 g/mol. The highest BCUT2D eigenvalue weighted by molar-refractivity contribution is 6.05. The van der Waals surface area contributed by atoms with Gasteiger partial charge >= 0.3 is 0 Å². The lowest BCUT2D eigenvalue weighted by Crippen LogP contribution is -2.17. The maximum atomic E-state index is 12.2. The lowest BCUT2D eigenvalue weighted by molar-refractivity contribution is 0.0996. The van der Waals surface area contributed by atoms with Crippen molar-refractivity contribution in [3.63, 3.8) is 0 Å². The van der Waals surface area contributed by atoms with E-state index in [1.165, 1.54) is 0 Å². The van der Waals surface area contributed by atoms with Gasteiger partial charge in [-0.05, 0) is 49.2 Å². The van der Waals surface area contributed by atoms with Crippen molar-refractivity contribution in [2.75, 3.05) is 5.73 Å². The van der Waals surface area contributed by atoms with Crippen molar-refractivity contribution in [1.29, 1.82) is 0 Å². The Kier molecular flexibility index (Phi) is 6.04. The van der Waals surface area contributed by atoms with E-state index in [0.29, 0.717) is 17.0 Å². The summed E-state index contributed by atoms with van der Waals surface area (Å²) in [5, 5.41) is 8.04. The van der Waals surface area contributed by atoms with E-state index in [-0.39, 0.29) is 17.3 Å². The molecule has 3 aromatic heterocycles. The number of aryl methyl sites for hydroxylation is 1. The van der Waals surface area contributed by atoms with E-state index < -0.39 is 5.91 Å². The summed E-state index contributed by atoms with van der Waals surface area (Å²) in [4.78, 5) is 21.5. The van der Waals surface area contributed by atoms with Crippen molar-refractivity contribution in [2.24, 2.45) is 5.73 Å². The molecule has 33 heavy (non-hydrogen) atoms. The van der Waals surface area contributed by atoms with E-state index in [2.05, 4.69) is 28.2 Å². The predicted molar refractivity (Wildman–Crippen MR) is 133 cm³/mol. The number of H-pyrrole nitrogens is 1. The number of hydrogen-bond donors (Lipinski definition) is 3. The standard InChI is InChI=1S/C26H26N6O/c1-4-5-6-8-15(2)19-9-7-10-21(30-19)22-13-17(24(27)25(31-22)26(28)33)23-16(3)11-12-20-18(23)14-29-32-20/h4-15H,27H2,1-3H3,(H2,28,33)(H,29,32)/b5-4-,8-6-. The number of amides is 1. The number of benzene rings is 1. The first-order valence-electron chi connectivity index (χ1n) is 10.7. The van der Waals surface area contributed by atoms with E-state index >= 15 is 0 Å². The number of nitrogens with zero attached hydrogens (tertiary/aromatic N) is 3. The summed E-state index contributed by atoms with van der Waals surface area (Å²) < 4.78 is 0. The summed E-state index contributed by atoms with van der Waals surface area (Å²) in [6, 6.07) is 11.6. The van der Waals surface area contributed by atoms with E-state index in [1.54, 1.807) is 6.20 Å². The van der Waals surface area contributed by atoms with Gasteiger partial charge in [0.05, 0.1) is 28.8 Å². The van der Waals surface area contributed by atoms with Gasteiger partial charge in [0.2, 0.25) is 0 Å². The Hall–Kier alpha value is -4.26. The second-order valence-electron chi connectivity index (χ2n) is 7.92. The second kappa shape index (κ2) is 9.08. The summed E-state index contributed by atoms with van der Waals surface area (Å²) in [5.41, 5.74) is 17.8. The Morgan fingerprint density at radius 1 is 1.12 bits per heavy atom. The largest absolute Gasteiger partial charge is 0.396 e. The minimum atomic E-state index is -0.688. The van der Waals surface area contributed by atoms with Crippen molar-refractivity contribution in [3.05, 3.63) is 83.9 Å². The average molecular weight is 439 g/mol. The highest BCUT2D eigenvalue weighted by Gasteiger charge is 2.20. The van der Waals surface area contributed by atoms with Crippen molar-refractivity contribution in [3.8, 4) is 22.5 Å². The molecule has 0 aliphatic carbocycles. The van der Waals surface area contributed by atoms with Crippen LogP contribution in [0.15, 0.2) is 66.9 Å². The van der Waals surface area contributed by atoms with Gasteiger partial charge < -0.3 is 11.5 Å². The third-order valence-corrected chi connectivity index (χ3v) is 5.60. The van der Waals surface area contributed by atoms with Crippen LogP contribution in [0, 0.1) is 6.92 Å². The predicted octanol–water partition coefficient (Wildman–Crippen LogP) is 4.91. The van der Waals surface area contributed by atoms with Gasteiger partial charge in [-0.25, -0.2) is 4.98 Å². The maximum Gasteiger partial charge on any atom is 0.269 e. The molecule has 7 nitrogen and oxygen atoms in total. The topological polar surface area (TPSA) is 124 Å². The lowest BCUT2D eigenvalue weighted by Gasteiger charge is -2.15. The third-order valence-electron chi connectivity index (χ3n) is 5.60. The molecule has 0 saturated carbocycles. The Bertz CT molecular complexity index is 1400. The van der Waals surface area contributed by atoms with Gasteiger partial charge in [-0.3, -0.25) is 14.9 Å². The van der Waals surface area contributed by atoms with Crippen LogP contribution < -0.4 is 11.5 Å². The molecule has 4 aromatic rings. The number of nitrogens with one attached hydrogen (secondary N) is 1. The third kappa shape index (κ3) is 4.25. The zero-order chi connectivity index (χ0) is 23.5. The zero-order valence-electron chi connectivity index (χ0n) is 18.8. The van der Waals surface area contributed by atoms with Crippen LogP contribution in [-0.2, 0) is 0 Å². The summed E-state index contributed by atoms with van der Waals surface area (Å²) in [7, 11) is 0. The van der Waals surface area contributed by atoms with E-state index in [1.807, 2.05) is 68.5 Å². The maximum absolute atomic E-state index is 12.2. The first-order valence-corrected chi connectivity index (χ1v) is 10.7. The second-order valence-corrected chi connectivity index (χ2v) is 7.92. The Morgan fingerprint density at radius 2 is 1.94 bits per heavy atom. The number of primary amides is 1. The number of nitrogen functional groups attached to an aromatic ring is 1. The number of allylic oxidation sites excluding steroid dienone is 4. The van der Waals surface area contributed by atoms with E-state index in [4.69, 9.17) is 16.5 Å². The number of carbonyl (C=O) groups is 1. The van der Waals surface area contributed by atoms with E-state index in [0.717, 1.165) is 27.7 Å². The molecule has 0 aliphatic rings. The number of pyridine rings is 2. The highest BCUT2D eigenvalue weighted by atomic mass is 16.1. The molecule has 0 aliphatic heterocycles. The molecule has 0 spiro atoms. The normalized spacial score (nSPS) is 12.7. The molecule has 0 bridgehead atoms. The summed E-state index contributed by atoms with van der Waals surface area (Å²) in [5.74, 6) is -0.585. The summed E-state index contributed by atoms with van der Waals surface area (Å²) in [6.45, 7) is 6.04. The molecular formula is C26H26N6O. The molecule has 1 amide bonds. The van der Waals surface area contributed by atoms with Crippen LogP contribution in [0.2, 0.25) is 0 Å². The minimum absolute atomic E-state index is 0.0237. The SMILES string of the molecule is C/C=C\C=C/C(C)c1cccc(-c2cc(-c3c(C)ccc4[nH]ncc34)c(N)c(C(N)=O)n2)n1. The number of hydrogen-bond acceptors (Lipinski definition) is 5. The van der Waals surface area contributed by atoms with Gasteiger partial charge in [0.25, 0.3) is 5.91 Å². The molecule has 0 radical (unpaired) electrons. The number of fused-ring (bicyclic) bond motifs is 1. The molecule has 1 atom stereocenters. The molecule has 4 rings (SSSR count). The van der Waals surface area contributed by atoms with Gasteiger partial charge in [0.15, 0.2) is 5.69 Å². The molecule has 5 N–H and O–H groups in total. The van der Waals surface area contributed by atoms with E-state index in [9.17, 15) is 4.79 Å². The first kappa shape index (κ1) is 22.0. The fourth-order valence-electron chi connectivity index (χ4n) is 3.85. The number of anilines is 1. The number of aromatic nitrogens is 4. The van der Waals surface area contributed by atoms with Crippen LogP contribution in [0.3, 0.4) is 0 Å². The zero-order valence-corrected chi connectivity index (χ0v) is 18.8. The molecule has 1 aromatic carbocycles. The number of aromatic amines is 1. The summed E-state index contributed by atoms with van der Waals surface area (Å²) >= 11 is 0. The average Bonchev–Trinajstić information content (AvgIpc) is 3.28. The van der Waals surface area contributed by atoms with Crippen LogP contribution in [0.4, 0.5) is 5.69 Å². The number of nitrogens with two attached hydrogens (primary N) is 2. The number of carbonyl (C=O) groups excluding carboxylic acids is 1. The molecule has 0 fully saturated rings. The molecular weight excluding hydrogens is 412 g/mol. The molecule has 0 saturated heterocycles. The van der Waals surface area contributed by atoms with Crippen LogP contribution in [0.5, 0.6) is 0 Å². The van der Waals surface area contributed by atoms with Gasteiger partial charge in [0, 0.05) is 22.6 Å². The Balaban J connectivity index is 1.90. The van der Waals surface area contributed by atoms with Gasteiger partial charge in [-0.1, -0.05) is 43.4 Å². The molecule has 3 heterocycles. The fourth-order valence-corrected chi connectivity index (χ4v) is 3.85. The quantitative estimate of drug-likeness (QED) is 0.369. The highest BCUT2D eigenvalue weighted by Crippen LogP contribution is 2.37. The molecule has 7 heteroatoms. The van der Waals surface area contributed by atoms with Crippen LogP contribution >= 0.6 is 0 Å². The fraction of sp³-hybridized carbons (Fsp3) is 0.154. The Labute approximate surface area is 192 Å². The van der Waals surface area contributed by atoms with Crippen molar-refractivity contribution < 1.29 is 4.79 Å². The van der Waals surface area contributed by atoms with Crippen molar-refractivity contribution in [2.45, 2.75) is 26.7 Å². The van der Waals surface area contributed by atoms with Gasteiger partial charge in [-0.15, -0.1) is 0 Å². The summed E-state index contributed by atoms with van der Waals surface area (Å²) in [6.07, 6.45) is 9.77. The van der Waals surface area contributed by atoms with Crippen molar-refractivity contribution in [1.82, 2.24) is 20.2 Å². The molecule has 166 valence electrons. The van der Waals surface area contributed by atoms with Crippen LogP contribution in [-0.4, -0.2) is 26.1 Å². The van der Waals surface area contributed by atoms with Gasteiger partial charge in [-0.2, -0.15) is 5.10 Å². The molecule has 1 unspecified atom stereocenters. The van der Waals surface area contributed by atoms with Crippen molar-refractivity contribution >= 4 is 22.5 Å². The Morgan fingerprint density at radius 3 is 2.70 bits per heavy atom. The van der Waals surface area contributed by atoms with Crippen LogP contribution in [0.25, 0.3) is 33.4 Å². The minimum Gasteiger partial charge on any atom is -0.396 e. The van der Waals surface area contributed by atoms with Gasteiger partial charge in [0.1, 0.15) is 0 Å².